The smallest absolute Gasteiger partial charge is 0.341 e. The molecule has 0 aliphatic carbocycles. The van der Waals surface area contributed by atoms with Crippen LogP contribution in [0.4, 0.5) is 4.39 Å². The van der Waals surface area contributed by atoms with E-state index in [4.69, 9.17) is 5.11 Å². The number of aromatic nitrogens is 1. The highest BCUT2D eigenvalue weighted by Gasteiger charge is 2.12. The van der Waals surface area contributed by atoms with Crippen LogP contribution in [0.5, 0.6) is 0 Å². The lowest BCUT2D eigenvalue weighted by Gasteiger charge is -2.06. The van der Waals surface area contributed by atoms with Gasteiger partial charge in [0, 0.05) is 6.20 Å². The Hall–Kier alpha value is -2.43. The Morgan fingerprint density at radius 3 is 2.71 bits per heavy atom. The molecule has 86 valence electrons. The molecule has 0 saturated carbocycles. The number of nitrogens with zero attached hydrogens (tertiary/aromatic N) is 1. The van der Waals surface area contributed by atoms with Crippen molar-refractivity contribution in [2.45, 2.75) is 0 Å². The molecule has 1 aromatic carbocycles. The van der Waals surface area contributed by atoms with Crippen molar-refractivity contribution in [2.24, 2.45) is 0 Å². The monoisotopic (exact) mass is 233 g/mol. The number of carboxylic acids is 1. The van der Waals surface area contributed by atoms with Crippen molar-refractivity contribution >= 4 is 23.1 Å². The van der Waals surface area contributed by atoms with Crippen LogP contribution in [0.2, 0.25) is 0 Å². The van der Waals surface area contributed by atoms with Gasteiger partial charge in [0.1, 0.15) is 11.9 Å². The molecule has 1 aromatic heterocycles. The number of hydrogen-bond donors (Lipinski definition) is 1. The van der Waals surface area contributed by atoms with Crippen LogP contribution in [-0.4, -0.2) is 15.6 Å². The standard InChI is InChI=1S/C12H8FNO3/c13-5-6-14-10-4-2-1-3-8(10)7-9(11(14)15)12(16)17/h1-7H,(H,16,17). The third-order valence-electron chi connectivity index (χ3n) is 2.38. The number of benzene rings is 1. The summed E-state index contributed by atoms with van der Waals surface area (Å²) in [5, 5.41) is 9.44. The molecule has 0 atom stereocenters. The van der Waals surface area contributed by atoms with E-state index in [1.165, 1.54) is 6.07 Å². The Labute approximate surface area is 95.2 Å². The molecule has 0 amide bonds. The van der Waals surface area contributed by atoms with Gasteiger partial charge in [-0.15, -0.1) is 0 Å². The first-order valence-corrected chi connectivity index (χ1v) is 4.79. The maximum absolute atomic E-state index is 12.2. The van der Waals surface area contributed by atoms with E-state index in [2.05, 4.69) is 0 Å². The number of aromatic carboxylic acids is 1. The molecule has 5 heteroatoms. The van der Waals surface area contributed by atoms with E-state index >= 15 is 0 Å². The molecular weight excluding hydrogens is 225 g/mol. The molecule has 0 bridgehead atoms. The number of fused-ring (bicyclic) bond motifs is 1. The fourth-order valence-corrected chi connectivity index (χ4v) is 1.64. The number of carbonyl (C=O) groups is 1. The second-order valence-electron chi connectivity index (χ2n) is 3.37. The Balaban J connectivity index is 2.95. The lowest BCUT2D eigenvalue weighted by atomic mass is 10.1. The van der Waals surface area contributed by atoms with Gasteiger partial charge < -0.3 is 5.11 Å². The summed E-state index contributed by atoms with van der Waals surface area (Å²) in [7, 11) is 0. The molecule has 4 nitrogen and oxygen atoms in total. The first-order valence-electron chi connectivity index (χ1n) is 4.79. The highest BCUT2D eigenvalue weighted by molar-refractivity contribution is 5.93. The summed E-state index contributed by atoms with van der Waals surface area (Å²) in [6.45, 7) is 0. The number of carboxylic acid groups (broad SMARTS) is 1. The normalized spacial score (nSPS) is 11.1. The maximum Gasteiger partial charge on any atom is 0.341 e. The zero-order valence-electron chi connectivity index (χ0n) is 8.63. The quantitative estimate of drug-likeness (QED) is 0.864. The third-order valence-corrected chi connectivity index (χ3v) is 2.38. The van der Waals surface area contributed by atoms with Gasteiger partial charge in [-0.3, -0.25) is 9.36 Å². The van der Waals surface area contributed by atoms with Crippen molar-refractivity contribution < 1.29 is 14.3 Å². The average molecular weight is 233 g/mol. The van der Waals surface area contributed by atoms with E-state index in [9.17, 15) is 14.0 Å². The molecule has 1 N–H and O–H groups in total. The molecule has 2 rings (SSSR count). The molecule has 17 heavy (non-hydrogen) atoms. The second-order valence-corrected chi connectivity index (χ2v) is 3.37. The summed E-state index contributed by atoms with van der Waals surface area (Å²) >= 11 is 0. The molecule has 2 aromatic rings. The minimum Gasteiger partial charge on any atom is -0.477 e. The zero-order chi connectivity index (χ0) is 12.4. The fourth-order valence-electron chi connectivity index (χ4n) is 1.64. The highest BCUT2D eigenvalue weighted by atomic mass is 19.1. The van der Waals surface area contributed by atoms with E-state index in [0.717, 1.165) is 10.8 Å². The summed E-state index contributed by atoms with van der Waals surface area (Å²) in [5.74, 6) is -1.33. The van der Waals surface area contributed by atoms with E-state index in [0.29, 0.717) is 10.9 Å². The number of para-hydroxylation sites is 1. The third kappa shape index (κ3) is 1.82. The minimum absolute atomic E-state index is 0.194. The average Bonchev–Trinajstić information content (AvgIpc) is 2.32. The molecule has 0 aliphatic heterocycles. The van der Waals surface area contributed by atoms with Gasteiger partial charge in [-0.25, -0.2) is 9.18 Å². The van der Waals surface area contributed by atoms with Gasteiger partial charge in [0.15, 0.2) is 0 Å². The van der Waals surface area contributed by atoms with Crippen molar-refractivity contribution in [1.82, 2.24) is 4.57 Å². The van der Waals surface area contributed by atoms with Crippen LogP contribution in [0.3, 0.4) is 0 Å². The van der Waals surface area contributed by atoms with Gasteiger partial charge in [0.2, 0.25) is 0 Å². The topological polar surface area (TPSA) is 59.3 Å². The van der Waals surface area contributed by atoms with E-state index in [-0.39, 0.29) is 11.9 Å². The Bertz CT molecular complexity index is 673. The van der Waals surface area contributed by atoms with E-state index < -0.39 is 11.5 Å². The molecule has 0 spiro atoms. The van der Waals surface area contributed by atoms with Gasteiger partial charge in [-0.1, -0.05) is 18.2 Å². The van der Waals surface area contributed by atoms with Crippen LogP contribution in [0.1, 0.15) is 10.4 Å². The molecular formula is C12H8FNO3. The van der Waals surface area contributed by atoms with Crippen molar-refractivity contribution in [2.75, 3.05) is 0 Å². The maximum atomic E-state index is 12.2. The number of halogens is 1. The van der Waals surface area contributed by atoms with E-state index in [1.54, 1.807) is 24.3 Å². The minimum atomic E-state index is -1.33. The van der Waals surface area contributed by atoms with Crippen LogP contribution in [0.15, 0.2) is 41.5 Å². The lowest BCUT2D eigenvalue weighted by Crippen LogP contribution is -2.23. The van der Waals surface area contributed by atoms with Crippen molar-refractivity contribution in [3.05, 3.63) is 52.6 Å². The van der Waals surface area contributed by atoms with Gasteiger partial charge in [0.25, 0.3) is 5.56 Å². The fraction of sp³-hybridized carbons (Fsp3) is 0. The van der Waals surface area contributed by atoms with Crippen molar-refractivity contribution in [1.29, 1.82) is 0 Å². The number of hydrogen-bond acceptors (Lipinski definition) is 2. The van der Waals surface area contributed by atoms with Gasteiger partial charge in [-0.05, 0) is 17.5 Å². The van der Waals surface area contributed by atoms with Crippen LogP contribution in [0.25, 0.3) is 17.1 Å². The van der Waals surface area contributed by atoms with Crippen LogP contribution in [0, 0.1) is 0 Å². The van der Waals surface area contributed by atoms with Crippen LogP contribution in [-0.2, 0) is 0 Å². The summed E-state index contributed by atoms with van der Waals surface area (Å²) in [5.41, 5.74) is -0.691. The Morgan fingerprint density at radius 2 is 2.06 bits per heavy atom. The molecule has 1 heterocycles. The first kappa shape index (κ1) is 11.1. The van der Waals surface area contributed by atoms with Crippen LogP contribution < -0.4 is 5.56 Å². The summed E-state index contributed by atoms with van der Waals surface area (Å²) in [6, 6.07) is 7.95. The second kappa shape index (κ2) is 4.21. The first-order chi connectivity index (χ1) is 8.15. The molecule has 0 saturated heterocycles. The summed E-state index contributed by atoms with van der Waals surface area (Å²) in [4.78, 5) is 22.7. The van der Waals surface area contributed by atoms with Crippen molar-refractivity contribution in [3.63, 3.8) is 0 Å². The largest absolute Gasteiger partial charge is 0.477 e. The predicted octanol–water partition coefficient (Wildman–Crippen LogP) is 2.10. The molecule has 0 aliphatic rings. The Morgan fingerprint density at radius 1 is 1.35 bits per heavy atom. The van der Waals surface area contributed by atoms with Gasteiger partial charge in [-0.2, -0.15) is 0 Å². The molecule has 0 unspecified atom stereocenters. The van der Waals surface area contributed by atoms with E-state index in [1.807, 2.05) is 0 Å². The van der Waals surface area contributed by atoms with Gasteiger partial charge in [0.05, 0.1) is 5.52 Å². The highest BCUT2D eigenvalue weighted by Crippen LogP contribution is 2.13. The number of pyridine rings is 1. The zero-order valence-corrected chi connectivity index (χ0v) is 8.63. The predicted molar refractivity (Wildman–Crippen MR) is 61.6 cm³/mol. The number of rotatable bonds is 2. The molecule has 0 fully saturated rings. The lowest BCUT2D eigenvalue weighted by molar-refractivity contribution is 0.0695. The van der Waals surface area contributed by atoms with Crippen molar-refractivity contribution in [3.8, 4) is 0 Å². The Kier molecular flexibility index (Phi) is 2.74. The SMILES string of the molecule is O=C(O)c1cc2ccccc2n(C=CF)c1=O. The van der Waals surface area contributed by atoms with Crippen LogP contribution >= 0.6 is 0 Å². The van der Waals surface area contributed by atoms with Gasteiger partial charge >= 0.3 is 5.97 Å². The summed E-state index contributed by atoms with van der Waals surface area (Å²) in [6.07, 6.45) is 1.09. The molecule has 0 radical (unpaired) electrons. The summed E-state index contributed by atoms with van der Waals surface area (Å²) < 4.78 is 13.2.